The van der Waals surface area contributed by atoms with Crippen LogP contribution in [-0.2, 0) is 11.2 Å². The molecule has 0 aliphatic carbocycles. The van der Waals surface area contributed by atoms with E-state index in [0.29, 0.717) is 34.4 Å². The molecule has 0 spiro atoms. The molecule has 4 aromatic rings. The molecular weight excluding hydrogens is 456 g/mol. The standard InChI is InChI=1S/C22H16BrClN2O3/c23-15-3-8-18(9-4-15)28-13-21(27)25-17-6-1-14(2-7-17)11-22-26-19-12-16(24)5-10-20(19)29-22/h1-10,12H,11,13H2,(H,25,27). The number of aromatic nitrogens is 1. The molecule has 0 aliphatic rings. The molecule has 0 unspecified atom stereocenters. The zero-order valence-corrected chi connectivity index (χ0v) is 17.5. The summed E-state index contributed by atoms with van der Waals surface area (Å²) in [7, 11) is 0. The van der Waals surface area contributed by atoms with E-state index < -0.39 is 0 Å². The molecule has 0 fully saturated rings. The maximum atomic E-state index is 12.1. The normalized spacial score (nSPS) is 10.8. The number of fused-ring (bicyclic) bond motifs is 1. The van der Waals surface area contributed by atoms with E-state index in [0.717, 1.165) is 15.6 Å². The van der Waals surface area contributed by atoms with Crippen LogP contribution >= 0.6 is 27.5 Å². The van der Waals surface area contributed by atoms with Crippen molar-refractivity contribution in [1.82, 2.24) is 4.98 Å². The number of halogens is 2. The number of rotatable bonds is 6. The Morgan fingerprint density at radius 3 is 2.59 bits per heavy atom. The highest BCUT2D eigenvalue weighted by molar-refractivity contribution is 9.10. The van der Waals surface area contributed by atoms with Gasteiger partial charge in [-0.3, -0.25) is 4.79 Å². The lowest BCUT2D eigenvalue weighted by molar-refractivity contribution is -0.118. The summed E-state index contributed by atoms with van der Waals surface area (Å²) < 4.78 is 12.2. The van der Waals surface area contributed by atoms with Crippen molar-refractivity contribution < 1.29 is 13.9 Å². The number of amides is 1. The number of ether oxygens (including phenoxy) is 1. The summed E-state index contributed by atoms with van der Waals surface area (Å²) in [5.41, 5.74) is 3.16. The monoisotopic (exact) mass is 470 g/mol. The molecule has 0 aliphatic heterocycles. The van der Waals surface area contributed by atoms with Crippen molar-refractivity contribution in [3.05, 3.63) is 87.7 Å². The van der Waals surface area contributed by atoms with Gasteiger partial charge in [0.1, 0.15) is 11.3 Å². The summed E-state index contributed by atoms with van der Waals surface area (Å²) in [5.74, 6) is 1.02. The first kappa shape index (κ1) is 19.5. The van der Waals surface area contributed by atoms with Gasteiger partial charge in [-0.15, -0.1) is 0 Å². The molecule has 4 rings (SSSR count). The number of benzene rings is 3. The fourth-order valence-corrected chi connectivity index (χ4v) is 3.21. The van der Waals surface area contributed by atoms with E-state index >= 15 is 0 Å². The van der Waals surface area contributed by atoms with Crippen LogP contribution in [0.3, 0.4) is 0 Å². The molecule has 1 amide bonds. The average Bonchev–Trinajstić information content (AvgIpc) is 3.10. The molecule has 1 heterocycles. The van der Waals surface area contributed by atoms with Crippen molar-refractivity contribution in [3.8, 4) is 5.75 Å². The molecule has 1 aromatic heterocycles. The Hall–Kier alpha value is -2.83. The Labute approximate surface area is 180 Å². The van der Waals surface area contributed by atoms with Crippen molar-refractivity contribution >= 4 is 50.2 Å². The van der Waals surface area contributed by atoms with Gasteiger partial charge in [0.25, 0.3) is 5.91 Å². The smallest absolute Gasteiger partial charge is 0.262 e. The number of hydrogen-bond donors (Lipinski definition) is 1. The van der Waals surface area contributed by atoms with Crippen molar-refractivity contribution in [2.24, 2.45) is 0 Å². The Balaban J connectivity index is 1.33. The quantitative estimate of drug-likeness (QED) is 0.383. The minimum absolute atomic E-state index is 0.0607. The average molecular weight is 472 g/mol. The fourth-order valence-electron chi connectivity index (χ4n) is 2.78. The van der Waals surface area contributed by atoms with E-state index in [4.69, 9.17) is 20.8 Å². The predicted octanol–water partition coefficient (Wildman–Crippen LogP) is 5.85. The fraction of sp³-hybridized carbons (Fsp3) is 0.0909. The highest BCUT2D eigenvalue weighted by Gasteiger charge is 2.08. The Kier molecular flexibility index (Phi) is 5.83. The first-order chi connectivity index (χ1) is 14.0. The highest BCUT2D eigenvalue weighted by Crippen LogP contribution is 2.22. The first-order valence-electron chi connectivity index (χ1n) is 8.87. The van der Waals surface area contributed by atoms with E-state index in [-0.39, 0.29) is 12.5 Å². The highest BCUT2D eigenvalue weighted by atomic mass is 79.9. The molecule has 0 saturated heterocycles. The van der Waals surface area contributed by atoms with Gasteiger partial charge in [0.2, 0.25) is 0 Å². The van der Waals surface area contributed by atoms with Crippen molar-refractivity contribution in [1.29, 1.82) is 0 Å². The van der Waals surface area contributed by atoms with Crippen LogP contribution in [0.4, 0.5) is 5.69 Å². The Morgan fingerprint density at radius 2 is 1.83 bits per heavy atom. The maximum Gasteiger partial charge on any atom is 0.262 e. The van der Waals surface area contributed by atoms with Gasteiger partial charge in [0.15, 0.2) is 18.1 Å². The topological polar surface area (TPSA) is 64.4 Å². The largest absolute Gasteiger partial charge is 0.484 e. The van der Waals surface area contributed by atoms with Crippen LogP contribution in [0.5, 0.6) is 5.75 Å². The summed E-state index contributed by atoms with van der Waals surface area (Å²) in [6.07, 6.45) is 0.549. The number of anilines is 1. The predicted molar refractivity (Wildman–Crippen MR) is 117 cm³/mol. The van der Waals surface area contributed by atoms with Crippen molar-refractivity contribution in [3.63, 3.8) is 0 Å². The number of hydrogen-bond acceptors (Lipinski definition) is 4. The van der Waals surface area contributed by atoms with E-state index in [9.17, 15) is 4.79 Å². The molecule has 0 atom stereocenters. The van der Waals surface area contributed by atoms with Crippen LogP contribution in [-0.4, -0.2) is 17.5 Å². The molecule has 0 radical (unpaired) electrons. The van der Waals surface area contributed by atoms with Crippen molar-refractivity contribution in [2.75, 3.05) is 11.9 Å². The Bertz CT molecular complexity index is 1140. The molecule has 5 nitrogen and oxygen atoms in total. The van der Waals surface area contributed by atoms with Gasteiger partial charge in [0.05, 0.1) is 0 Å². The van der Waals surface area contributed by atoms with Gasteiger partial charge < -0.3 is 14.5 Å². The molecule has 0 bridgehead atoms. The number of nitrogens with zero attached hydrogens (tertiary/aromatic N) is 1. The second kappa shape index (κ2) is 8.68. The molecule has 3 aromatic carbocycles. The molecule has 0 saturated carbocycles. The lowest BCUT2D eigenvalue weighted by Gasteiger charge is -2.08. The van der Waals surface area contributed by atoms with Crippen LogP contribution in [0.2, 0.25) is 5.02 Å². The zero-order valence-electron chi connectivity index (χ0n) is 15.2. The van der Waals surface area contributed by atoms with Crippen LogP contribution in [0.1, 0.15) is 11.5 Å². The third kappa shape index (κ3) is 5.16. The van der Waals surface area contributed by atoms with Crippen molar-refractivity contribution in [2.45, 2.75) is 6.42 Å². The van der Waals surface area contributed by atoms with Crippen LogP contribution < -0.4 is 10.1 Å². The lowest BCUT2D eigenvalue weighted by Crippen LogP contribution is -2.20. The van der Waals surface area contributed by atoms with Gasteiger partial charge in [0, 0.05) is 21.6 Å². The van der Waals surface area contributed by atoms with Crippen LogP contribution in [0.25, 0.3) is 11.1 Å². The van der Waals surface area contributed by atoms with Gasteiger partial charge in [-0.1, -0.05) is 39.7 Å². The van der Waals surface area contributed by atoms with Gasteiger partial charge >= 0.3 is 0 Å². The molecule has 29 heavy (non-hydrogen) atoms. The third-order valence-corrected chi connectivity index (χ3v) is 4.93. The van der Waals surface area contributed by atoms with Crippen LogP contribution in [0.15, 0.2) is 75.6 Å². The third-order valence-electron chi connectivity index (χ3n) is 4.17. The first-order valence-corrected chi connectivity index (χ1v) is 10.0. The molecule has 1 N–H and O–H groups in total. The van der Waals surface area contributed by atoms with Gasteiger partial charge in [-0.05, 0) is 60.2 Å². The second-order valence-electron chi connectivity index (χ2n) is 6.38. The molecular formula is C22H16BrClN2O3. The summed E-state index contributed by atoms with van der Waals surface area (Å²) in [6, 6.07) is 20.2. The number of nitrogens with one attached hydrogen (secondary N) is 1. The van der Waals surface area contributed by atoms with E-state index in [2.05, 4.69) is 26.2 Å². The van der Waals surface area contributed by atoms with Gasteiger partial charge in [-0.25, -0.2) is 4.98 Å². The summed E-state index contributed by atoms with van der Waals surface area (Å²) in [6.45, 7) is -0.0607. The van der Waals surface area contributed by atoms with E-state index in [1.165, 1.54) is 0 Å². The zero-order chi connectivity index (χ0) is 20.2. The number of carbonyl (C=O) groups is 1. The SMILES string of the molecule is O=C(COc1ccc(Br)cc1)Nc1ccc(Cc2nc3cc(Cl)ccc3o2)cc1. The lowest BCUT2D eigenvalue weighted by atomic mass is 10.1. The Morgan fingerprint density at radius 1 is 1.07 bits per heavy atom. The maximum absolute atomic E-state index is 12.1. The van der Waals surface area contributed by atoms with Gasteiger partial charge in [-0.2, -0.15) is 0 Å². The summed E-state index contributed by atoms with van der Waals surface area (Å²) in [4.78, 5) is 16.5. The number of oxazole rings is 1. The minimum Gasteiger partial charge on any atom is -0.484 e. The summed E-state index contributed by atoms with van der Waals surface area (Å²) >= 11 is 9.34. The molecule has 146 valence electrons. The molecule has 7 heteroatoms. The van der Waals surface area contributed by atoms with Crippen LogP contribution in [0, 0.1) is 0 Å². The second-order valence-corrected chi connectivity index (χ2v) is 7.74. The number of carbonyl (C=O) groups excluding carboxylic acids is 1. The van der Waals surface area contributed by atoms with E-state index in [1.54, 1.807) is 24.3 Å². The summed E-state index contributed by atoms with van der Waals surface area (Å²) in [5, 5.41) is 3.44. The van der Waals surface area contributed by atoms with E-state index in [1.807, 2.05) is 42.5 Å². The minimum atomic E-state index is -0.225.